The summed E-state index contributed by atoms with van der Waals surface area (Å²) >= 11 is 0. The predicted molar refractivity (Wildman–Crippen MR) is 148 cm³/mol. The first-order valence-electron chi connectivity index (χ1n) is 12.9. The molecule has 1 amide bonds. The van der Waals surface area contributed by atoms with E-state index in [9.17, 15) is 9.59 Å². The molecule has 4 aromatic rings. The van der Waals surface area contributed by atoms with E-state index in [1.807, 2.05) is 34.9 Å². The van der Waals surface area contributed by atoms with Crippen molar-refractivity contribution >= 4 is 28.3 Å². The van der Waals surface area contributed by atoms with Gasteiger partial charge in [0.1, 0.15) is 23.5 Å². The Labute approximate surface area is 220 Å². The second-order valence-electron chi connectivity index (χ2n) is 9.86. The van der Waals surface area contributed by atoms with Crippen molar-refractivity contribution in [3.63, 3.8) is 0 Å². The van der Waals surface area contributed by atoms with Crippen LogP contribution in [0.5, 0.6) is 0 Å². The van der Waals surface area contributed by atoms with Crippen molar-refractivity contribution in [2.45, 2.75) is 19.9 Å². The van der Waals surface area contributed by atoms with Crippen LogP contribution in [0.3, 0.4) is 0 Å². The van der Waals surface area contributed by atoms with Gasteiger partial charge in [-0.05, 0) is 45.2 Å². The van der Waals surface area contributed by atoms with Gasteiger partial charge in [0.2, 0.25) is 0 Å². The molecule has 1 aliphatic heterocycles. The molecule has 0 radical (unpaired) electrons. The van der Waals surface area contributed by atoms with E-state index in [-0.39, 0.29) is 23.1 Å². The van der Waals surface area contributed by atoms with E-state index in [1.54, 1.807) is 12.4 Å². The monoisotopic (exact) mass is 515 g/mol. The van der Waals surface area contributed by atoms with Crippen LogP contribution in [0.15, 0.2) is 53.6 Å². The highest BCUT2D eigenvalue weighted by molar-refractivity contribution is 5.98. The van der Waals surface area contributed by atoms with Gasteiger partial charge in [0, 0.05) is 51.4 Å². The van der Waals surface area contributed by atoms with Crippen LogP contribution < -0.4 is 16.1 Å². The lowest BCUT2D eigenvalue weighted by Gasteiger charge is -2.32. The van der Waals surface area contributed by atoms with E-state index in [0.29, 0.717) is 40.5 Å². The van der Waals surface area contributed by atoms with E-state index in [2.05, 4.69) is 56.5 Å². The molecule has 0 spiro atoms. The molecule has 3 aromatic heterocycles. The van der Waals surface area contributed by atoms with Crippen molar-refractivity contribution in [2.75, 3.05) is 51.6 Å². The number of H-pyrrole nitrogens is 1. The second-order valence-corrected chi connectivity index (χ2v) is 9.86. The van der Waals surface area contributed by atoms with Crippen LogP contribution in [-0.2, 0) is 0 Å². The van der Waals surface area contributed by atoms with Crippen molar-refractivity contribution in [3.8, 4) is 11.5 Å². The molecule has 0 aliphatic carbocycles. The first-order valence-corrected chi connectivity index (χ1v) is 12.9. The lowest BCUT2D eigenvalue weighted by atomic mass is 10.1. The van der Waals surface area contributed by atoms with Gasteiger partial charge in [-0.1, -0.05) is 12.1 Å². The molecular formula is C27H33N9O2. The van der Waals surface area contributed by atoms with Crippen LogP contribution in [-0.4, -0.2) is 86.8 Å². The third-order valence-electron chi connectivity index (χ3n) is 6.78. The summed E-state index contributed by atoms with van der Waals surface area (Å²) in [5.41, 5.74) is 1.84. The summed E-state index contributed by atoms with van der Waals surface area (Å²) in [6.07, 6.45) is 1.69. The Hall–Kier alpha value is -4.09. The molecule has 5 rings (SSSR count). The van der Waals surface area contributed by atoms with E-state index in [4.69, 9.17) is 4.98 Å². The summed E-state index contributed by atoms with van der Waals surface area (Å²) in [7, 11) is 2.12. The lowest BCUT2D eigenvalue weighted by Crippen LogP contribution is -2.47. The van der Waals surface area contributed by atoms with Gasteiger partial charge in [0.25, 0.3) is 5.91 Å². The van der Waals surface area contributed by atoms with Gasteiger partial charge in [-0.25, -0.2) is 4.98 Å². The number of carbonyl (C=O) groups is 1. The molecule has 1 aliphatic rings. The molecule has 11 heteroatoms. The number of benzene rings is 1. The average molecular weight is 516 g/mol. The van der Waals surface area contributed by atoms with E-state index >= 15 is 0 Å². The van der Waals surface area contributed by atoms with Gasteiger partial charge in [0.15, 0.2) is 11.3 Å². The fourth-order valence-corrected chi connectivity index (χ4v) is 4.60. The number of anilines is 2. The number of hydrogen-bond acceptors (Lipinski definition) is 8. The van der Waals surface area contributed by atoms with Crippen molar-refractivity contribution in [3.05, 3.63) is 64.7 Å². The van der Waals surface area contributed by atoms with Crippen molar-refractivity contribution < 1.29 is 4.79 Å². The van der Waals surface area contributed by atoms with Crippen LogP contribution in [0.4, 0.5) is 11.5 Å². The molecule has 0 atom stereocenters. The number of nitrogens with one attached hydrogen (secondary N) is 3. The summed E-state index contributed by atoms with van der Waals surface area (Å²) in [6, 6.07) is 12.6. The number of rotatable bonds is 8. The second kappa shape index (κ2) is 11.1. The number of hydrogen-bond donors (Lipinski definition) is 3. The average Bonchev–Trinajstić information content (AvgIpc) is 3.40. The third kappa shape index (κ3) is 5.58. The maximum atomic E-state index is 13.1. The minimum atomic E-state index is -0.292. The topological polar surface area (TPSA) is 124 Å². The fourth-order valence-electron chi connectivity index (χ4n) is 4.60. The molecule has 4 heterocycles. The number of piperazine rings is 1. The number of aromatic amines is 1. The highest BCUT2D eigenvalue weighted by atomic mass is 16.2. The summed E-state index contributed by atoms with van der Waals surface area (Å²) in [5, 5.41) is 14.9. The van der Waals surface area contributed by atoms with Crippen LogP contribution in [0.1, 0.15) is 30.4 Å². The number of likely N-dealkylation sites (N-methyl/N-ethyl adjacent to an activating group) is 1. The quantitative estimate of drug-likeness (QED) is 0.327. The maximum absolute atomic E-state index is 13.1. The number of carbonyl (C=O) groups excluding carboxylic acids is 1. The smallest absolute Gasteiger partial charge is 0.267 e. The summed E-state index contributed by atoms with van der Waals surface area (Å²) in [5.74, 6) is 0.946. The van der Waals surface area contributed by atoms with Crippen molar-refractivity contribution in [2.24, 2.45) is 0 Å². The summed E-state index contributed by atoms with van der Waals surface area (Å²) < 4.78 is 1.95. The number of aromatic nitrogens is 5. The van der Waals surface area contributed by atoms with Gasteiger partial charge < -0.3 is 25.1 Å². The van der Waals surface area contributed by atoms with Crippen LogP contribution in [0.2, 0.25) is 0 Å². The van der Waals surface area contributed by atoms with Crippen LogP contribution >= 0.6 is 0 Å². The first-order chi connectivity index (χ1) is 18.4. The molecule has 0 bridgehead atoms. The van der Waals surface area contributed by atoms with Crippen molar-refractivity contribution in [1.82, 2.24) is 39.8 Å². The third-order valence-corrected chi connectivity index (χ3v) is 6.78. The normalized spacial score (nSPS) is 14.7. The first kappa shape index (κ1) is 25.6. The van der Waals surface area contributed by atoms with Gasteiger partial charge >= 0.3 is 0 Å². The zero-order valence-electron chi connectivity index (χ0n) is 21.9. The molecular weight excluding hydrogens is 482 g/mol. The minimum Gasteiger partial charge on any atom is -0.350 e. The van der Waals surface area contributed by atoms with E-state index < -0.39 is 0 Å². The van der Waals surface area contributed by atoms with Crippen LogP contribution in [0, 0.1) is 0 Å². The highest BCUT2D eigenvalue weighted by Gasteiger charge is 2.16. The van der Waals surface area contributed by atoms with Gasteiger partial charge in [-0.15, -0.1) is 10.2 Å². The molecule has 11 nitrogen and oxygen atoms in total. The zero-order chi connectivity index (χ0) is 26.6. The maximum Gasteiger partial charge on any atom is 0.267 e. The van der Waals surface area contributed by atoms with Crippen molar-refractivity contribution in [1.29, 1.82) is 0 Å². The van der Waals surface area contributed by atoms with Gasteiger partial charge in [0.05, 0.1) is 16.6 Å². The standard InChI is InChI=1S/C27H33N9O2/c1-18(2)36-17-29-33-26(36)21-8-5-9-24(32-21)31-20-7-4-6-19-25(20)23(37)16-22(30-19)27(38)28-10-11-35-14-12-34(3)13-15-35/h4-9,16-18H,10-15H2,1-3H3,(H,28,38)(H,30,37)(H,31,32). The molecule has 1 fully saturated rings. The largest absolute Gasteiger partial charge is 0.350 e. The molecule has 1 saturated heterocycles. The summed E-state index contributed by atoms with van der Waals surface area (Å²) in [6.45, 7) is 9.46. The van der Waals surface area contributed by atoms with Gasteiger partial charge in [-0.2, -0.15) is 0 Å². The Kier molecular flexibility index (Phi) is 7.47. The van der Waals surface area contributed by atoms with Gasteiger partial charge in [-0.3, -0.25) is 14.5 Å². The lowest BCUT2D eigenvalue weighted by molar-refractivity contribution is 0.0936. The number of pyridine rings is 2. The van der Waals surface area contributed by atoms with Crippen LogP contribution in [0.25, 0.3) is 22.4 Å². The molecule has 38 heavy (non-hydrogen) atoms. The summed E-state index contributed by atoms with van der Waals surface area (Å²) in [4.78, 5) is 38.4. The van der Waals surface area contributed by atoms with E-state index in [1.165, 1.54) is 6.07 Å². The Bertz CT molecular complexity index is 1490. The molecule has 0 unspecified atom stereocenters. The molecule has 0 saturated carbocycles. The Morgan fingerprint density at radius 1 is 1.11 bits per heavy atom. The Morgan fingerprint density at radius 3 is 2.68 bits per heavy atom. The number of nitrogens with zero attached hydrogens (tertiary/aromatic N) is 6. The SMILES string of the molecule is CC(C)n1cnnc1-c1cccc(Nc2cccc3[nH]c(C(=O)NCCN4CCN(C)CC4)cc(=O)c23)n1. The Morgan fingerprint density at radius 2 is 1.89 bits per heavy atom. The number of fused-ring (bicyclic) bond motifs is 1. The fraction of sp³-hybridized carbons (Fsp3) is 0.370. The highest BCUT2D eigenvalue weighted by Crippen LogP contribution is 2.25. The minimum absolute atomic E-state index is 0.188. The molecule has 3 N–H and O–H groups in total. The number of amides is 1. The molecule has 1 aromatic carbocycles. The molecule has 198 valence electrons. The Balaban J connectivity index is 1.32. The van der Waals surface area contributed by atoms with E-state index in [0.717, 1.165) is 32.7 Å². The zero-order valence-corrected chi connectivity index (χ0v) is 21.9. The predicted octanol–water partition coefficient (Wildman–Crippen LogP) is 2.48.